The maximum absolute atomic E-state index is 12.3. The molecule has 0 aliphatic carbocycles. The highest BCUT2D eigenvalue weighted by Crippen LogP contribution is 2.37. The molecule has 12 heteroatoms. The lowest BCUT2D eigenvalue weighted by molar-refractivity contribution is -0.144. The molecule has 2 aliphatic rings. The van der Waals surface area contributed by atoms with E-state index in [9.17, 15) is 9.59 Å². The van der Waals surface area contributed by atoms with Gasteiger partial charge < -0.3 is 19.3 Å². The van der Waals surface area contributed by atoms with Crippen molar-refractivity contribution in [1.82, 2.24) is 30.1 Å². The molecule has 2 saturated heterocycles. The summed E-state index contributed by atoms with van der Waals surface area (Å²) in [5.74, 6) is 0.843. The standard InChI is InChI=1S/C19H27N7O4S/c1-5-29-15(27)11-26-22-16(21-23-26)14-6-20-17(31-14)24-7-12-9-25(10-13(12)8-24)18(28)30-19(2,3)4/h6,12-13H,5,7-11H2,1-4H3. The van der Waals surface area contributed by atoms with Gasteiger partial charge in [-0.05, 0) is 32.9 Å². The van der Waals surface area contributed by atoms with Gasteiger partial charge in [0.1, 0.15) is 5.60 Å². The second-order valence-corrected chi connectivity index (χ2v) is 9.78. The number of hydrogen-bond donors (Lipinski definition) is 0. The SMILES string of the molecule is CCOC(=O)Cn1nnc(-c2cnc(N3CC4CN(C(=O)OC(C)(C)C)CC4C3)s2)n1. The summed E-state index contributed by atoms with van der Waals surface area (Å²) in [5, 5.41) is 13.1. The molecular formula is C19H27N7O4S. The Morgan fingerprint density at radius 3 is 2.55 bits per heavy atom. The van der Waals surface area contributed by atoms with Crippen LogP contribution in [0.3, 0.4) is 0 Å². The number of carbonyl (C=O) groups is 2. The summed E-state index contributed by atoms with van der Waals surface area (Å²) in [6.45, 7) is 10.7. The normalized spacial score (nSPS) is 20.8. The van der Waals surface area contributed by atoms with Crippen molar-refractivity contribution in [2.24, 2.45) is 11.8 Å². The summed E-state index contributed by atoms with van der Waals surface area (Å²) in [6.07, 6.45) is 1.49. The number of rotatable bonds is 5. The van der Waals surface area contributed by atoms with E-state index in [0.717, 1.165) is 23.1 Å². The quantitative estimate of drug-likeness (QED) is 0.628. The van der Waals surface area contributed by atoms with Crippen LogP contribution in [0, 0.1) is 11.8 Å². The van der Waals surface area contributed by atoms with Crippen molar-refractivity contribution in [1.29, 1.82) is 0 Å². The topological polar surface area (TPSA) is 116 Å². The molecule has 4 heterocycles. The minimum Gasteiger partial charge on any atom is -0.465 e. The molecule has 0 N–H and O–H groups in total. The van der Waals surface area contributed by atoms with E-state index in [4.69, 9.17) is 9.47 Å². The first-order valence-corrected chi connectivity index (χ1v) is 11.2. The van der Waals surface area contributed by atoms with Crippen LogP contribution in [0.25, 0.3) is 10.7 Å². The number of aromatic nitrogens is 5. The van der Waals surface area contributed by atoms with E-state index in [1.807, 2.05) is 25.7 Å². The molecule has 1 amide bonds. The van der Waals surface area contributed by atoms with Crippen molar-refractivity contribution in [3.63, 3.8) is 0 Å². The molecular weight excluding hydrogens is 422 g/mol. The van der Waals surface area contributed by atoms with E-state index in [1.165, 1.54) is 16.1 Å². The molecule has 0 saturated carbocycles. The van der Waals surface area contributed by atoms with Crippen LogP contribution < -0.4 is 4.90 Å². The Labute approximate surface area is 184 Å². The number of thiazole rings is 1. The zero-order valence-electron chi connectivity index (χ0n) is 18.1. The van der Waals surface area contributed by atoms with Crippen molar-refractivity contribution < 1.29 is 19.1 Å². The maximum Gasteiger partial charge on any atom is 0.410 e. The Morgan fingerprint density at radius 2 is 1.90 bits per heavy atom. The van der Waals surface area contributed by atoms with Crippen molar-refractivity contribution in [2.45, 2.75) is 39.8 Å². The fourth-order valence-electron chi connectivity index (χ4n) is 3.87. The fourth-order valence-corrected chi connectivity index (χ4v) is 4.73. The van der Waals surface area contributed by atoms with E-state index < -0.39 is 11.6 Å². The van der Waals surface area contributed by atoms with Crippen LogP contribution in [0.15, 0.2) is 6.20 Å². The molecule has 2 atom stereocenters. The minimum atomic E-state index is -0.482. The largest absolute Gasteiger partial charge is 0.465 e. The Morgan fingerprint density at radius 1 is 1.19 bits per heavy atom. The Balaban J connectivity index is 1.34. The van der Waals surface area contributed by atoms with Crippen LogP contribution in [-0.2, 0) is 20.8 Å². The second kappa shape index (κ2) is 8.40. The molecule has 31 heavy (non-hydrogen) atoms. The number of likely N-dealkylation sites (tertiary alicyclic amines) is 1. The second-order valence-electron chi connectivity index (χ2n) is 8.77. The number of esters is 1. The molecule has 0 radical (unpaired) electrons. The highest BCUT2D eigenvalue weighted by Gasteiger charge is 2.43. The predicted octanol–water partition coefficient (Wildman–Crippen LogP) is 1.66. The lowest BCUT2D eigenvalue weighted by Gasteiger charge is -2.25. The third-order valence-corrected chi connectivity index (χ3v) is 6.21. The van der Waals surface area contributed by atoms with Crippen molar-refractivity contribution in [2.75, 3.05) is 37.7 Å². The fraction of sp³-hybridized carbons (Fsp3) is 0.684. The number of nitrogens with zero attached hydrogens (tertiary/aromatic N) is 7. The van der Waals surface area contributed by atoms with E-state index in [-0.39, 0.29) is 12.6 Å². The zero-order chi connectivity index (χ0) is 22.2. The van der Waals surface area contributed by atoms with Crippen LogP contribution in [-0.4, -0.2) is 80.5 Å². The van der Waals surface area contributed by atoms with Crippen molar-refractivity contribution >= 4 is 28.5 Å². The van der Waals surface area contributed by atoms with Gasteiger partial charge in [0.2, 0.25) is 5.82 Å². The van der Waals surface area contributed by atoms with Gasteiger partial charge in [-0.15, -0.1) is 10.2 Å². The first-order valence-electron chi connectivity index (χ1n) is 10.3. The van der Waals surface area contributed by atoms with Gasteiger partial charge in [0.25, 0.3) is 0 Å². The van der Waals surface area contributed by atoms with Crippen LogP contribution in [0.1, 0.15) is 27.7 Å². The number of ether oxygens (including phenoxy) is 2. The maximum atomic E-state index is 12.3. The number of anilines is 1. The average Bonchev–Trinajstić information content (AvgIpc) is 3.42. The number of fused-ring (bicyclic) bond motifs is 1. The zero-order valence-corrected chi connectivity index (χ0v) is 19.0. The first kappa shape index (κ1) is 21.5. The highest BCUT2D eigenvalue weighted by atomic mass is 32.1. The third kappa shape index (κ3) is 4.94. The van der Waals surface area contributed by atoms with E-state index >= 15 is 0 Å². The molecule has 0 bridgehead atoms. The molecule has 2 unspecified atom stereocenters. The van der Waals surface area contributed by atoms with Crippen LogP contribution in [0.5, 0.6) is 0 Å². The lowest BCUT2D eigenvalue weighted by Crippen LogP contribution is -2.37. The number of amides is 1. The molecule has 2 aromatic heterocycles. The van der Waals surface area contributed by atoms with E-state index in [2.05, 4.69) is 25.3 Å². The Hall–Kier alpha value is -2.76. The van der Waals surface area contributed by atoms with Gasteiger partial charge in [-0.25, -0.2) is 14.6 Å². The molecule has 2 aromatic rings. The van der Waals surface area contributed by atoms with Crippen molar-refractivity contribution in [3.05, 3.63) is 6.20 Å². The number of hydrogen-bond acceptors (Lipinski definition) is 10. The van der Waals surface area contributed by atoms with Gasteiger partial charge in [0.15, 0.2) is 11.7 Å². The number of tetrazole rings is 1. The first-order chi connectivity index (χ1) is 14.7. The summed E-state index contributed by atoms with van der Waals surface area (Å²) >= 11 is 1.49. The molecule has 168 valence electrons. The Bertz CT molecular complexity index is 939. The molecule has 2 fully saturated rings. The van der Waals surface area contributed by atoms with Crippen LogP contribution in [0.2, 0.25) is 0 Å². The molecule has 0 aromatic carbocycles. The molecule has 4 rings (SSSR count). The van der Waals surface area contributed by atoms with Gasteiger partial charge in [-0.1, -0.05) is 11.3 Å². The summed E-state index contributed by atoms with van der Waals surface area (Å²) < 4.78 is 10.4. The predicted molar refractivity (Wildman–Crippen MR) is 113 cm³/mol. The molecule has 0 spiro atoms. The summed E-state index contributed by atoms with van der Waals surface area (Å²) in [5.41, 5.74) is -0.482. The van der Waals surface area contributed by atoms with Gasteiger partial charge in [-0.3, -0.25) is 0 Å². The van der Waals surface area contributed by atoms with Gasteiger partial charge in [0.05, 0.1) is 17.7 Å². The van der Waals surface area contributed by atoms with Crippen molar-refractivity contribution in [3.8, 4) is 10.7 Å². The average molecular weight is 450 g/mol. The third-order valence-electron chi connectivity index (χ3n) is 5.15. The molecule has 11 nitrogen and oxygen atoms in total. The monoisotopic (exact) mass is 449 g/mol. The van der Waals surface area contributed by atoms with Gasteiger partial charge >= 0.3 is 12.1 Å². The van der Waals surface area contributed by atoms with E-state index in [1.54, 1.807) is 13.1 Å². The highest BCUT2D eigenvalue weighted by molar-refractivity contribution is 7.18. The summed E-state index contributed by atoms with van der Waals surface area (Å²) in [4.78, 5) is 34.5. The Kier molecular flexibility index (Phi) is 5.82. The molecule has 2 aliphatic heterocycles. The van der Waals surface area contributed by atoms with Crippen LogP contribution >= 0.6 is 11.3 Å². The lowest BCUT2D eigenvalue weighted by atomic mass is 10.0. The minimum absolute atomic E-state index is 0.0733. The van der Waals surface area contributed by atoms with Gasteiger partial charge in [-0.2, -0.15) is 4.80 Å². The summed E-state index contributed by atoms with van der Waals surface area (Å²) in [6, 6.07) is 0. The van der Waals surface area contributed by atoms with Crippen LogP contribution in [0.4, 0.5) is 9.93 Å². The summed E-state index contributed by atoms with van der Waals surface area (Å²) in [7, 11) is 0. The smallest absolute Gasteiger partial charge is 0.410 e. The number of carbonyl (C=O) groups excluding carboxylic acids is 2. The van der Waals surface area contributed by atoms with E-state index in [0.29, 0.717) is 37.4 Å². The van der Waals surface area contributed by atoms with Gasteiger partial charge in [0, 0.05) is 38.0 Å².